The van der Waals surface area contributed by atoms with Crippen molar-refractivity contribution in [3.05, 3.63) is 0 Å². The molecule has 0 aromatic heterocycles. The Morgan fingerprint density at radius 3 is 1.00 bits per heavy atom. The van der Waals surface area contributed by atoms with Crippen molar-refractivity contribution in [2.24, 2.45) is 11.8 Å². The molecule has 0 spiro atoms. The second-order valence-corrected chi connectivity index (χ2v) is 16.5. The van der Waals surface area contributed by atoms with E-state index in [1.54, 1.807) is 0 Å². The summed E-state index contributed by atoms with van der Waals surface area (Å²) in [7, 11) is 0. The average molecular weight is 719 g/mol. The normalized spacial score (nSPS) is 19.6. The standard InChI is InChI=1S/C46H86O5/c1-3-5-7-9-11-13-15-17-19-21-23-25-27-29-31-33-35-37-49-45(47)42-39-41-40-43(51-41)44(42)46(48)50-38-36-34-32-30-28-26-24-22-20-18-16-14-12-10-8-6-4-2/h41-44H,3-40H2,1-2H3. The van der Waals surface area contributed by atoms with Crippen LogP contribution in [-0.2, 0) is 23.8 Å². The highest BCUT2D eigenvalue weighted by Gasteiger charge is 2.54. The summed E-state index contributed by atoms with van der Waals surface area (Å²) in [6.07, 6.45) is 46.7. The van der Waals surface area contributed by atoms with Crippen molar-refractivity contribution in [3.63, 3.8) is 0 Å². The minimum Gasteiger partial charge on any atom is -0.465 e. The number of hydrogen-bond acceptors (Lipinski definition) is 5. The topological polar surface area (TPSA) is 61.8 Å². The number of ether oxygens (including phenoxy) is 3. The van der Waals surface area contributed by atoms with Crippen LogP contribution in [0.3, 0.4) is 0 Å². The Kier molecular flexibility index (Phi) is 30.2. The van der Waals surface area contributed by atoms with Crippen molar-refractivity contribution in [2.75, 3.05) is 13.2 Å². The maximum absolute atomic E-state index is 13.1. The van der Waals surface area contributed by atoms with Crippen molar-refractivity contribution in [1.29, 1.82) is 0 Å². The Balaban J connectivity index is 1.38. The maximum atomic E-state index is 13.1. The Labute approximate surface area is 317 Å². The molecule has 4 unspecified atom stereocenters. The largest absolute Gasteiger partial charge is 0.465 e. The van der Waals surface area contributed by atoms with Gasteiger partial charge in [-0.1, -0.05) is 219 Å². The van der Waals surface area contributed by atoms with Gasteiger partial charge in [-0.05, 0) is 19.3 Å². The average Bonchev–Trinajstić information content (AvgIpc) is 3.13. The van der Waals surface area contributed by atoms with E-state index in [4.69, 9.17) is 14.2 Å². The third-order valence-electron chi connectivity index (χ3n) is 11.8. The van der Waals surface area contributed by atoms with Gasteiger partial charge in [0.1, 0.15) is 0 Å². The summed E-state index contributed by atoms with van der Waals surface area (Å²) in [4.78, 5) is 26.1. The predicted molar refractivity (Wildman–Crippen MR) is 215 cm³/mol. The molecule has 2 heterocycles. The first-order valence-corrected chi connectivity index (χ1v) is 23.2. The van der Waals surface area contributed by atoms with Gasteiger partial charge in [0, 0.05) is 6.42 Å². The lowest BCUT2D eigenvalue weighted by Gasteiger charge is -2.48. The molecule has 0 aromatic carbocycles. The van der Waals surface area contributed by atoms with Crippen molar-refractivity contribution < 1.29 is 23.8 Å². The van der Waals surface area contributed by atoms with Gasteiger partial charge in [0.25, 0.3) is 0 Å². The molecule has 1 saturated carbocycles. The van der Waals surface area contributed by atoms with Crippen LogP contribution in [0.15, 0.2) is 0 Å². The van der Waals surface area contributed by atoms with E-state index in [1.807, 2.05) is 0 Å². The monoisotopic (exact) mass is 719 g/mol. The molecular weight excluding hydrogens is 633 g/mol. The Bertz CT molecular complexity index is 793. The lowest BCUT2D eigenvalue weighted by Crippen LogP contribution is -2.57. The Morgan fingerprint density at radius 2 is 0.686 bits per heavy atom. The fourth-order valence-electron chi connectivity index (χ4n) is 8.33. The third kappa shape index (κ3) is 24.0. The smallest absolute Gasteiger partial charge is 0.312 e. The van der Waals surface area contributed by atoms with E-state index in [0.717, 1.165) is 32.1 Å². The third-order valence-corrected chi connectivity index (χ3v) is 11.8. The number of carbonyl (C=O) groups excluding carboxylic acids is 2. The Hall–Kier alpha value is -1.10. The molecule has 300 valence electrons. The quantitative estimate of drug-likeness (QED) is 0.0470. The molecule has 5 heteroatoms. The van der Waals surface area contributed by atoms with Crippen molar-refractivity contribution in [2.45, 2.75) is 257 Å². The van der Waals surface area contributed by atoms with E-state index in [9.17, 15) is 9.59 Å². The predicted octanol–water partition coefficient (Wildman–Crippen LogP) is 14.2. The van der Waals surface area contributed by atoms with Gasteiger partial charge in [-0.2, -0.15) is 0 Å². The van der Waals surface area contributed by atoms with Gasteiger partial charge in [-0.25, -0.2) is 0 Å². The zero-order valence-electron chi connectivity index (χ0n) is 34.2. The first-order chi connectivity index (χ1) is 25.2. The molecule has 5 nitrogen and oxygen atoms in total. The number of hydrogen-bond donors (Lipinski definition) is 0. The maximum Gasteiger partial charge on any atom is 0.312 e. The fraction of sp³-hybridized carbons (Fsp3) is 0.957. The zero-order chi connectivity index (χ0) is 36.5. The molecular formula is C46H86O5. The van der Waals surface area contributed by atoms with Crippen molar-refractivity contribution in [3.8, 4) is 0 Å². The molecule has 3 fully saturated rings. The van der Waals surface area contributed by atoms with E-state index in [2.05, 4.69) is 13.8 Å². The van der Waals surface area contributed by atoms with Crippen LogP contribution < -0.4 is 0 Å². The summed E-state index contributed by atoms with van der Waals surface area (Å²) in [5.74, 6) is -1.38. The van der Waals surface area contributed by atoms with Gasteiger partial charge >= 0.3 is 11.9 Å². The molecule has 0 radical (unpaired) electrons. The summed E-state index contributed by atoms with van der Waals surface area (Å²) >= 11 is 0. The zero-order valence-corrected chi connectivity index (χ0v) is 34.2. The highest BCUT2D eigenvalue weighted by atomic mass is 16.6. The van der Waals surface area contributed by atoms with Crippen molar-refractivity contribution in [1.82, 2.24) is 0 Å². The number of carbonyl (C=O) groups is 2. The molecule has 0 amide bonds. The van der Waals surface area contributed by atoms with E-state index >= 15 is 0 Å². The van der Waals surface area contributed by atoms with Gasteiger partial charge in [0.15, 0.2) is 0 Å². The van der Waals surface area contributed by atoms with Crippen LogP contribution in [0.4, 0.5) is 0 Å². The molecule has 3 aliphatic rings. The number of rotatable bonds is 38. The molecule has 0 N–H and O–H groups in total. The van der Waals surface area contributed by atoms with Crippen LogP contribution in [0.25, 0.3) is 0 Å². The van der Waals surface area contributed by atoms with E-state index < -0.39 is 11.8 Å². The number of fused-ring (bicyclic) bond motifs is 2. The van der Waals surface area contributed by atoms with Crippen LogP contribution in [0.5, 0.6) is 0 Å². The van der Waals surface area contributed by atoms with Crippen LogP contribution >= 0.6 is 0 Å². The van der Waals surface area contributed by atoms with Crippen molar-refractivity contribution >= 4 is 11.9 Å². The lowest BCUT2D eigenvalue weighted by molar-refractivity contribution is -0.222. The van der Waals surface area contributed by atoms with E-state index in [0.29, 0.717) is 19.6 Å². The minimum atomic E-state index is -0.496. The second kappa shape index (κ2) is 33.5. The molecule has 2 aliphatic heterocycles. The van der Waals surface area contributed by atoms with E-state index in [-0.39, 0.29) is 24.1 Å². The molecule has 2 bridgehead atoms. The van der Waals surface area contributed by atoms with Gasteiger partial charge in [0.05, 0.1) is 37.3 Å². The van der Waals surface area contributed by atoms with Crippen LogP contribution in [0.2, 0.25) is 0 Å². The summed E-state index contributed by atoms with van der Waals surface area (Å²) in [6, 6.07) is 0. The van der Waals surface area contributed by atoms with Gasteiger partial charge < -0.3 is 14.2 Å². The second-order valence-electron chi connectivity index (χ2n) is 16.5. The number of unbranched alkanes of at least 4 members (excludes halogenated alkanes) is 32. The van der Waals surface area contributed by atoms with Gasteiger partial charge in [0.2, 0.25) is 0 Å². The molecule has 2 saturated heterocycles. The first-order valence-electron chi connectivity index (χ1n) is 23.2. The van der Waals surface area contributed by atoms with Crippen LogP contribution in [-0.4, -0.2) is 37.4 Å². The molecule has 3 rings (SSSR count). The molecule has 1 aliphatic carbocycles. The summed E-state index contributed by atoms with van der Waals surface area (Å²) in [5, 5.41) is 0. The first kappa shape index (κ1) is 46.1. The summed E-state index contributed by atoms with van der Waals surface area (Å²) in [5.41, 5.74) is 0. The van der Waals surface area contributed by atoms with Crippen LogP contribution in [0.1, 0.15) is 245 Å². The minimum absolute atomic E-state index is 0.0991. The molecule has 4 atom stereocenters. The van der Waals surface area contributed by atoms with Gasteiger partial charge in [-0.15, -0.1) is 0 Å². The fourth-order valence-corrected chi connectivity index (χ4v) is 8.33. The SMILES string of the molecule is CCCCCCCCCCCCCCCCCCCOC(=O)C1CC2CC(O2)C1C(=O)OCCCCCCCCCCCCCCCCCCC. The molecule has 0 aromatic rings. The summed E-state index contributed by atoms with van der Waals surface area (Å²) in [6.45, 7) is 5.48. The highest BCUT2D eigenvalue weighted by molar-refractivity contribution is 5.83. The Morgan fingerprint density at radius 1 is 0.412 bits per heavy atom. The van der Waals surface area contributed by atoms with E-state index in [1.165, 1.54) is 193 Å². The highest BCUT2D eigenvalue weighted by Crippen LogP contribution is 2.44. The summed E-state index contributed by atoms with van der Waals surface area (Å²) < 4.78 is 17.3. The number of esters is 2. The van der Waals surface area contributed by atoms with Gasteiger partial charge in [-0.3, -0.25) is 9.59 Å². The molecule has 51 heavy (non-hydrogen) atoms. The van der Waals surface area contributed by atoms with Crippen LogP contribution in [0, 0.1) is 11.8 Å². The lowest BCUT2D eigenvalue weighted by atomic mass is 9.72.